The maximum absolute atomic E-state index is 11.5. The zero-order chi connectivity index (χ0) is 15.0. The Labute approximate surface area is 119 Å². The predicted molar refractivity (Wildman–Crippen MR) is 78.5 cm³/mol. The fraction of sp³-hybridized carbons (Fsp3) is 0.214. The molecule has 0 aliphatic carbocycles. The van der Waals surface area contributed by atoms with Gasteiger partial charge in [0.2, 0.25) is 15.9 Å². The minimum atomic E-state index is -3.42. The first-order chi connectivity index (χ1) is 9.49. The van der Waals surface area contributed by atoms with Gasteiger partial charge in [-0.1, -0.05) is 30.4 Å². The van der Waals surface area contributed by atoms with Crippen molar-refractivity contribution < 1.29 is 13.2 Å². The summed E-state index contributed by atoms with van der Waals surface area (Å²) in [6.07, 6.45) is 6.67. The fourth-order valence-electron chi connectivity index (χ4n) is 1.41. The van der Waals surface area contributed by atoms with Crippen molar-refractivity contribution in [1.29, 1.82) is 0 Å². The van der Waals surface area contributed by atoms with Crippen molar-refractivity contribution in [2.24, 2.45) is 0 Å². The summed E-state index contributed by atoms with van der Waals surface area (Å²) in [6.45, 7) is 2.21. The molecule has 6 heteroatoms. The van der Waals surface area contributed by atoms with Gasteiger partial charge in [-0.25, -0.2) is 13.1 Å². The zero-order valence-electron chi connectivity index (χ0n) is 11.5. The molecule has 0 atom stereocenters. The van der Waals surface area contributed by atoms with Crippen LogP contribution in [0, 0.1) is 0 Å². The van der Waals surface area contributed by atoms with E-state index in [1.165, 1.54) is 25.3 Å². The molecular formula is C14H18N2O3S. The third-order valence-electron chi connectivity index (χ3n) is 2.52. The van der Waals surface area contributed by atoms with E-state index in [-0.39, 0.29) is 10.8 Å². The normalized spacial score (nSPS) is 12.1. The van der Waals surface area contributed by atoms with Crippen molar-refractivity contribution in [1.82, 2.24) is 10.0 Å². The van der Waals surface area contributed by atoms with Gasteiger partial charge in [-0.15, -0.1) is 0 Å². The first-order valence-corrected chi connectivity index (χ1v) is 7.57. The number of carbonyl (C=O) groups excluding carboxylic acids is 1. The lowest BCUT2D eigenvalue weighted by Crippen LogP contribution is -2.21. The highest BCUT2D eigenvalue weighted by Gasteiger charge is 2.10. The molecule has 0 unspecified atom stereocenters. The van der Waals surface area contributed by atoms with Crippen molar-refractivity contribution in [2.75, 3.05) is 7.05 Å². The van der Waals surface area contributed by atoms with Crippen molar-refractivity contribution in [3.8, 4) is 0 Å². The highest BCUT2D eigenvalue weighted by Crippen LogP contribution is 2.09. The molecule has 0 saturated heterocycles. The molecule has 5 nitrogen and oxygen atoms in total. The van der Waals surface area contributed by atoms with E-state index in [1.54, 1.807) is 24.3 Å². The standard InChI is InChI=1S/C14H18N2O3S/c1-3-4-5-6-14(17)16-11-12-7-9-13(10-8-12)20(18,19)15-2/h3-10,15H,11H2,1-2H3,(H,16,17)/b4-3+,6-5+. The number of hydrogen-bond donors (Lipinski definition) is 2. The number of allylic oxidation sites excluding steroid dienone is 3. The van der Waals surface area contributed by atoms with Gasteiger partial charge < -0.3 is 5.32 Å². The SMILES string of the molecule is C/C=C/C=C/C(=O)NCc1ccc(S(=O)(=O)NC)cc1. The second kappa shape index (κ2) is 7.62. The summed E-state index contributed by atoms with van der Waals surface area (Å²) in [6, 6.07) is 6.34. The van der Waals surface area contributed by atoms with E-state index in [0.717, 1.165) is 5.56 Å². The van der Waals surface area contributed by atoms with Crippen LogP contribution in [0.15, 0.2) is 53.5 Å². The molecule has 0 saturated carbocycles. The van der Waals surface area contributed by atoms with E-state index in [9.17, 15) is 13.2 Å². The lowest BCUT2D eigenvalue weighted by Gasteiger charge is -2.05. The molecule has 0 heterocycles. The molecule has 1 rings (SSSR count). The van der Waals surface area contributed by atoms with Crippen LogP contribution < -0.4 is 10.0 Å². The van der Waals surface area contributed by atoms with Gasteiger partial charge in [-0.05, 0) is 31.7 Å². The Bertz CT molecular complexity index is 602. The maximum Gasteiger partial charge on any atom is 0.244 e. The van der Waals surface area contributed by atoms with E-state index in [0.29, 0.717) is 6.54 Å². The number of sulfonamides is 1. The van der Waals surface area contributed by atoms with Crippen LogP contribution in [0.5, 0.6) is 0 Å². The van der Waals surface area contributed by atoms with E-state index in [1.807, 2.05) is 13.0 Å². The third-order valence-corrected chi connectivity index (χ3v) is 3.95. The van der Waals surface area contributed by atoms with Crippen LogP contribution in [0.1, 0.15) is 12.5 Å². The molecule has 108 valence electrons. The van der Waals surface area contributed by atoms with Crippen LogP contribution in [0.4, 0.5) is 0 Å². The Kier molecular flexibility index (Phi) is 6.14. The molecule has 1 aromatic rings. The van der Waals surface area contributed by atoms with E-state index >= 15 is 0 Å². The number of amides is 1. The highest BCUT2D eigenvalue weighted by molar-refractivity contribution is 7.89. The Morgan fingerprint density at radius 2 is 1.85 bits per heavy atom. The van der Waals surface area contributed by atoms with E-state index in [2.05, 4.69) is 10.0 Å². The van der Waals surface area contributed by atoms with E-state index < -0.39 is 10.0 Å². The summed E-state index contributed by atoms with van der Waals surface area (Å²) < 4.78 is 25.3. The fourth-order valence-corrected chi connectivity index (χ4v) is 2.14. The summed E-state index contributed by atoms with van der Waals surface area (Å²) in [5.41, 5.74) is 0.827. The van der Waals surface area contributed by atoms with Crippen LogP contribution in [-0.4, -0.2) is 21.4 Å². The monoisotopic (exact) mass is 294 g/mol. The molecule has 2 N–H and O–H groups in total. The van der Waals surface area contributed by atoms with Crippen LogP contribution in [-0.2, 0) is 21.4 Å². The van der Waals surface area contributed by atoms with Gasteiger partial charge in [0.1, 0.15) is 0 Å². The zero-order valence-corrected chi connectivity index (χ0v) is 12.3. The van der Waals surface area contributed by atoms with Gasteiger partial charge in [0, 0.05) is 12.6 Å². The number of hydrogen-bond acceptors (Lipinski definition) is 3. The molecule has 0 aliphatic rings. The Balaban J connectivity index is 2.61. The Hall–Kier alpha value is -1.92. The van der Waals surface area contributed by atoms with Gasteiger partial charge in [-0.3, -0.25) is 4.79 Å². The van der Waals surface area contributed by atoms with Crippen molar-refractivity contribution in [3.63, 3.8) is 0 Å². The number of benzene rings is 1. The largest absolute Gasteiger partial charge is 0.348 e. The van der Waals surface area contributed by atoms with Crippen LogP contribution in [0.3, 0.4) is 0 Å². The molecule has 0 spiro atoms. The van der Waals surface area contributed by atoms with Crippen LogP contribution >= 0.6 is 0 Å². The van der Waals surface area contributed by atoms with Crippen molar-refractivity contribution >= 4 is 15.9 Å². The second-order valence-electron chi connectivity index (χ2n) is 3.95. The number of rotatable bonds is 6. The summed E-state index contributed by atoms with van der Waals surface area (Å²) in [5, 5.41) is 2.71. The average molecular weight is 294 g/mol. The molecule has 1 aromatic carbocycles. The molecule has 0 aromatic heterocycles. The van der Waals surface area contributed by atoms with Crippen molar-refractivity contribution in [2.45, 2.75) is 18.4 Å². The predicted octanol–water partition coefficient (Wildman–Crippen LogP) is 1.34. The van der Waals surface area contributed by atoms with Gasteiger partial charge in [-0.2, -0.15) is 0 Å². The maximum atomic E-state index is 11.5. The lowest BCUT2D eigenvalue weighted by molar-refractivity contribution is -0.116. The molecule has 1 amide bonds. The van der Waals surface area contributed by atoms with Gasteiger partial charge in [0.15, 0.2) is 0 Å². The number of carbonyl (C=O) groups is 1. The quantitative estimate of drug-likeness (QED) is 0.614. The first-order valence-electron chi connectivity index (χ1n) is 6.09. The van der Waals surface area contributed by atoms with Crippen LogP contribution in [0.2, 0.25) is 0 Å². The highest BCUT2D eigenvalue weighted by atomic mass is 32.2. The molecule has 20 heavy (non-hydrogen) atoms. The van der Waals surface area contributed by atoms with Gasteiger partial charge >= 0.3 is 0 Å². The summed E-state index contributed by atoms with van der Waals surface area (Å²) in [4.78, 5) is 11.6. The Morgan fingerprint density at radius 3 is 2.40 bits per heavy atom. The minimum Gasteiger partial charge on any atom is -0.348 e. The Morgan fingerprint density at radius 1 is 1.20 bits per heavy atom. The third kappa shape index (κ3) is 4.99. The first kappa shape index (κ1) is 16.1. The van der Waals surface area contributed by atoms with Crippen LogP contribution in [0.25, 0.3) is 0 Å². The summed E-state index contributed by atoms with van der Waals surface area (Å²) >= 11 is 0. The van der Waals surface area contributed by atoms with E-state index in [4.69, 9.17) is 0 Å². The molecule has 0 fully saturated rings. The number of nitrogens with one attached hydrogen (secondary N) is 2. The molecule has 0 aliphatic heterocycles. The molecule has 0 bridgehead atoms. The van der Waals surface area contributed by atoms with Gasteiger partial charge in [0.05, 0.1) is 4.90 Å². The summed E-state index contributed by atoms with van der Waals surface area (Å²) in [5.74, 6) is -0.199. The van der Waals surface area contributed by atoms with Crippen molar-refractivity contribution in [3.05, 3.63) is 54.1 Å². The average Bonchev–Trinajstić information content (AvgIpc) is 2.46. The minimum absolute atomic E-state index is 0.197. The molecular weight excluding hydrogens is 276 g/mol. The topological polar surface area (TPSA) is 75.3 Å². The molecule has 0 radical (unpaired) electrons. The lowest BCUT2D eigenvalue weighted by atomic mass is 10.2. The summed E-state index contributed by atoms with van der Waals surface area (Å²) in [7, 11) is -2.06. The van der Waals surface area contributed by atoms with Gasteiger partial charge in [0.25, 0.3) is 0 Å². The second-order valence-corrected chi connectivity index (χ2v) is 5.84. The smallest absolute Gasteiger partial charge is 0.244 e.